The highest BCUT2D eigenvalue weighted by molar-refractivity contribution is 7.71. The topological polar surface area (TPSA) is 33.6 Å². The predicted molar refractivity (Wildman–Crippen MR) is 56.4 cm³/mol. The van der Waals surface area contributed by atoms with E-state index in [2.05, 4.69) is 28.6 Å². The molecule has 2 rings (SSSR count). The van der Waals surface area contributed by atoms with Gasteiger partial charge in [0.1, 0.15) is 0 Å². The molecule has 0 aromatic carbocycles. The second-order valence-corrected chi connectivity index (χ2v) is 4.20. The third-order valence-corrected chi connectivity index (χ3v) is 3.24. The number of aromatic amines is 1. The van der Waals surface area contributed by atoms with Crippen LogP contribution in [0.5, 0.6) is 0 Å². The zero-order chi connectivity index (χ0) is 9.42. The number of aryl methyl sites for hydroxylation is 1. The molecule has 0 unspecified atom stereocenters. The number of thiophene rings is 1. The lowest BCUT2D eigenvalue weighted by molar-refractivity contribution is 0.904. The molecule has 0 atom stereocenters. The highest BCUT2D eigenvalue weighted by Gasteiger charge is 2.06. The van der Waals surface area contributed by atoms with Crippen LogP contribution in [-0.4, -0.2) is 14.8 Å². The molecule has 0 saturated heterocycles. The van der Waals surface area contributed by atoms with Gasteiger partial charge in [0.05, 0.1) is 4.88 Å². The van der Waals surface area contributed by atoms with E-state index in [1.165, 1.54) is 5.56 Å². The average Bonchev–Trinajstić information content (AvgIpc) is 2.62. The maximum atomic E-state index is 5.03. The maximum absolute atomic E-state index is 5.03. The Morgan fingerprint density at radius 3 is 2.85 bits per heavy atom. The quantitative estimate of drug-likeness (QED) is 0.735. The van der Waals surface area contributed by atoms with Crippen LogP contribution < -0.4 is 0 Å². The van der Waals surface area contributed by atoms with Crippen LogP contribution in [0.3, 0.4) is 0 Å². The van der Waals surface area contributed by atoms with Crippen molar-refractivity contribution < 1.29 is 0 Å². The van der Waals surface area contributed by atoms with Crippen LogP contribution in [0.1, 0.15) is 5.56 Å². The highest BCUT2D eigenvalue weighted by atomic mass is 32.1. The molecule has 0 aliphatic carbocycles. The fraction of sp³-hybridized carbons (Fsp3) is 0.250. The lowest BCUT2D eigenvalue weighted by atomic mass is 10.3. The molecule has 0 bridgehead atoms. The Morgan fingerprint density at radius 1 is 1.62 bits per heavy atom. The summed E-state index contributed by atoms with van der Waals surface area (Å²) in [6.07, 6.45) is 0. The normalized spacial score (nSPS) is 10.6. The smallest absolute Gasteiger partial charge is 0.195 e. The maximum Gasteiger partial charge on any atom is 0.195 e. The van der Waals surface area contributed by atoms with E-state index in [1.54, 1.807) is 11.3 Å². The number of H-pyrrole nitrogens is 1. The third kappa shape index (κ3) is 1.45. The van der Waals surface area contributed by atoms with Crippen molar-refractivity contribution in [2.75, 3.05) is 0 Å². The van der Waals surface area contributed by atoms with Crippen LogP contribution >= 0.6 is 23.6 Å². The molecular weight excluding hydrogens is 202 g/mol. The number of nitrogens with zero attached hydrogens (tertiary/aromatic N) is 2. The molecule has 5 heteroatoms. The van der Waals surface area contributed by atoms with Crippen LogP contribution in [0.2, 0.25) is 0 Å². The van der Waals surface area contributed by atoms with E-state index in [-0.39, 0.29) is 0 Å². The molecule has 0 aliphatic heterocycles. The molecule has 2 heterocycles. The molecule has 0 spiro atoms. The second-order valence-electron chi connectivity index (χ2n) is 2.90. The fourth-order valence-corrected chi connectivity index (χ4v) is 2.17. The molecule has 0 aliphatic rings. The van der Waals surface area contributed by atoms with Crippen LogP contribution in [0, 0.1) is 11.7 Å². The number of hydrogen-bond acceptors (Lipinski definition) is 3. The van der Waals surface area contributed by atoms with E-state index in [9.17, 15) is 0 Å². The summed E-state index contributed by atoms with van der Waals surface area (Å²) < 4.78 is 2.53. The van der Waals surface area contributed by atoms with Gasteiger partial charge in [0.15, 0.2) is 10.6 Å². The van der Waals surface area contributed by atoms with Crippen molar-refractivity contribution in [3.05, 3.63) is 21.8 Å². The van der Waals surface area contributed by atoms with Gasteiger partial charge in [0.2, 0.25) is 0 Å². The van der Waals surface area contributed by atoms with Crippen LogP contribution in [0.15, 0.2) is 11.4 Å². The van der Waals surface area contributed by atoms with Crippen LogP contribution in [-0.2, 0) is 7.05 Å². The first-order valence-electron chi connectivity index (χ1n) is 3.85. The summed E-state index contributed by atoms with van der Waals surface area (Å²) >= 11 is 6.71. The Balaban J connectivity index is 2.58. The van der Waals surface area contributed by atoms with Crippen LogP contribution in [0.4, 0.5) is 0 Å². The average molecular weight is 211 g/mol. The zero-order valence-electron chi connectivity index (χ0n) is 7.37. The highest BCUT2D eigenvalue weighted by Crippen LogP contribution is 2.24. The standard InChI is InChI=1S/C8H9N3S2/c1-5-3-6(13-4-5)7-9-10-8(12)11(7)2/h3-4H,1-2H3,(H,10,12). The van der Waals surface area contributed by atoms with E-state index in [4.69, 9.17) is 12.2 Å². The van der Waals surface area contributed by atoms with Crippen molar-refractivity contribution in [1.29, 1.82) is 0 Å². The SMILES string of the molecule is Cc1csc(-c2n[nH]c(=S)n2C)c1. The van der Waals surface area contributed by atoms with E-state index < -0.39 is 0 Å². The van der Waals surface area contributed by atoms with Gasteiger partial charge in [0.25, 0.3) is 0 Å². The van der Waals surface area contributed by atoms with Crippen molar-refractivity contribution in [3.63, 3.8) is 0 Å². The van der Waals surface area contributed by atoms with Gasteiger partial charge in [-0.3, -0.25) is 5.10 Å². The first-order chi connectivity index (χ1) is 6.18. The molecule has 0 saturated carbocycles. The van der Waals surface area contributed by atoms with Crippen LogP contribution in [0.25, 0.3) is 10.7 Å². The van der Waals surface area contributed by atoms with Crippen molar-refractivity contribution in [1.82, 2.24) is 14.8 Å². The van der Waals surface area contributed by atoms with Crippen molar-refractivity contribution in [2.45, 2.75) is 6.92 Å². The summed E-state index contributed by atoms with van der Waals surface area (Å²) in [5.74, 6) is 0.906. The van der Waals surface area contributed by atoms with Gasteiger partial charge in [-0.15, -0.1) is 11.3 Å². The van der Waals surface area contributed by atoms with E-state index in [1.807, 2.05) is 11.6 Å². The van der Waals surface area contributed by atoms with Gasteiger partial charge in [-0.2, -0.15) is 5.10 Å². The van der Waals surface area contributed by atoms with Crippen molar-refractivity contribution in [2.24, 2.45) is 7.05 Å². The van der Waals surface area contributed by atoms with Gasteiger partial charge in [-0.05, 0) is 36.2 Å². The zero-order valence-corrected chi connectivity index (χ0v) is 9.00. The van der Waals surface area contributed by atoms with Gasteiger partial charge in [0, 0.05) is 7.05 Å². The Morgan fingerprint density at radius 2 is 2.38 bits per heavy atom. The third-order valence-electron chi connectivity index (χ3n) is 1.83. The molecule has 1 N–H and O–H groups in total. The summed E-state index contributed by atoms with van der Waals surface area (Å²) in [7, 11) is 1.91. The Labute approximate surface area is 85.0 Å². The first kappa shape index (κ1) is 8.65. The number of rotatable bonds is 1. The van der Waals surface area contributed by atoms with Gasteiger partial charge in [-0.25, -0.2) is 0 Å². The van der Waals surface area contributed by atoms with Gasteiger partial charge >= 0.3 is 0 Å². The lowest BCUT2D eigenvalue weighted by Crippen LogP contribution is -1.89. The molecular formula is C8H9N3S2. The largest absolute Gasteiger partial charge is 0.303 e. The summed E-state index contributed by atoms with van der Waals surface area (Å²) in [6.45, 7) is 2.07. The Hall–Kier alpha value is -0.940. The Kier molecular flexibility index (Phi) is 2.05. The summed E-state index contributed by atoms with van der Waals surface area (Å²) in [4.78, 5) is 1.15. The van der Waals surface area contributed by atoms with Gasteiger partial charge < -0.3 is 4.57 Å². The molecule has 0 fully saturated rings. The number of aromatic nitrogens is 3. The van der Waals surface area contributed by atoms with Crippen molar-refractivity contribution >= 4 is 23.6 Å². The summed E-state index contributed by atoms with van der Waals surface area (Å²) in [5, 5.41) is 9.03. The molecule has 0 radical (unpaired) electrons. The van der Waals surface area contributed by atoms with E-state index >= 15 is 0 Å². The van der Waals surface area contributed by atoms with Gasteiger partial charge in [-0.1, -0.05) is 0 Å². The lowest BCUT2D eigenvalue weighted by Gasteiger charge is -1.94. The second kappa shape index (κ2) is 3.08. The monoisotopic (exact) mass is 211 g/mol. The number of hydrogen-bond donors (Lipinski definition) is 1. The molecule has 0 amide bonds. The Bertz CT molecular complexity index is 478. The summed E-state index contributed by atoms with van der Waals surface area (Å²) in [5.41, 5.74) is 1.26. The summed E-state index contributed by atoms with van der Waals surface area (Å²) in [6, 6.07) is 2.11. The molecule has 13 heavy (non-hydrogen) atoms. The molecule has 3 nitrogen and oxygen atoms in total. The predicted octanol–water partition coefficient (Wildman–Crippen LogP) is 2.51. The minimum Gasteiger partial charge on any atom is -0.303 e. The fourth-order valence-electron chi connectivity index (χ4n) is 1.12. The van der Waals surface area contributed by atoms with E-state index in [0.717, 1.165) is 10.7 Å². The first-order valence-corrected chi connectivity index (χ1v) is 5.14. The minimum absolute atomic E-state index is 0.654. The minimum atomic E-state index is 0.654. The number of nitrogens with one attached hydrogen (secondary N) is 1. The van der Waals surface area contributed by atoms with E-state index in [0.29, 0.717) is 4.77 Å². The molecule has 68 valence electrons. The molecule has 2 aromatic rings. The molecule has 2 aromatic heterocycles. The van der Waals surface area contributed by atoms with Crippen molar-refractivity contribution in [3.8, 4) is 10.7 Å².